The second-order valence-electron chi connectivity index (χ2n) is 5.30. The minimum absolute atomic E-state index is 0.105. The molecular weight excluding hydrogens is 272 g/mol. The van der Waals surface area contributed by atoms with E-state index in [2.05, 4.69) is 15.3 Å². The van der Waals surface area contributed by atoms with E-state index in [1.165, 1.54) is 0 Å². The van der Waals surface area contributed by atoms with E-state index < -0.39 is 5.97 Å². The second-order valence-corrected chi connectivity index (χ2v) is 5.30. The summed E-state index contributed by atoms with van der Waals surface area (Å²) >= 11 is 0. The number of ether oxygens (including phenoxy) is 1. The van der Waals surface area contributed by atoms with Crippen molar-refractivity contribution in [1.82, 2.24) is 14.9 Å². The van der Waals surface area contributed by atoms with Crippen LogP contribution in [0.5, 0.6) is 6.01 Å². The number of anilines is 1. The lowest BCUT2D eigenvalue weighted by molar-refractivity contribution is -0.139. The molecule has 0 bridgehead atoms. The molecule has 0 amide bonds. The maximum absolute atomic E-state index is 10.8. The van der Waals surface area contributed by atoms with Crippen molar-refractivity contribution in [3.63, 3.8) is 0 Å². The lowest BCUT2D eigenvalue weighted by atomic mass is 9.85. The first-order valence-corrected chi connectivity index (χ1v) is 7.13. The van der Waals surface area contributed by atoms with E-state index in [0.717, 1.165) is 30.9 Å². The summed E-state index contributed by atoms with van der Waals surface area (Å²) in [7, 11) is 1.54. The van der Waals surface area contributed by atoms with Crippen LogP contribution in [0.3, 0.4) is 0 Å². The van der Waals surface area contributed by atoms with Gasteiger partial charge in [-0.15, -0.1) is 0 Å². The number of hydrogen-bond acceptors (Lipinski definition) is 6. The number of nitrogens with zero attached hydrogens (tertiary/aromatic N) is 3. The lowest BCUT2D eigenvalue weighted by Crippen LogP contribution is -2.51. The van der Waals surface area contributed by atoms with Gasteiger partial charge in [0.15, 0.2) is 0 Å². The van der Waals surface area contributed by atoms with E-state index in [9.17, 15) is 4.79 Å². The minimum Gasteiger partial charge on any atom is -0.480 e. The summed E-state index contributed by atoms with van der Waals surface area (Å²) in [5.41, 5.74) is 0.848. The van der Waals surface area contributed by atoms with Gasteiger partial charge in [-0.25, -0.2) is 4.98 Å². The number of hydrogen-bond donors (Lipinski definition) is 2. The van der Waals surface area contributed by atoms with Gasteiger partial charge in [0, 0.05) is 23.8 Å². The predicted octanol–water partition coefficient (Wildman–Crippen LogP) is 1.14. The zero-order valence-electron chi connectivity index (χ0n) is 12.7. The number of carboxylic acids is 1. The normalized spacial score (nSPS) is 21.0. The summed E-state index contributed by atoms with van der Waals surface area (Å²) in [5.74, 6) is -0.0199. The predicted molar refractivity (Wildman–Crippen MR) is 78.6 cm³/mol. The number of aliphatic carboxylic acids is 1. The summed E-state index contributed by atoms with van der Waals surface area (Å²) in [4.78, 5) is 21.2. The van der Waals surface area contributed by atoms with Crippen molar-refractivity contribution >= 4 is 11.8 Å². The Bertz CT molecular complexity index is 503. The number of carboxylic acid groups (broad SMARTS) is 1. The van der Waals surface area contributed by atoms with Crippen LogP contribution in [-0.2, 0) is 4.79 Å². The summed E-state index contributed by atoms with van der Waals surface area (Å²) in [6, 6.07) is 2.88. The molecule has 0 unspecified atom stereocenters. The molecule has 2 rings (SSSR count). The van der Waals surface area contributed by atoms with E-state index >= 15 is 0 Å². The average molecular weight is 294 g/mol. The zero-order chi connectivity index (χ0) is 15.4. The van der Waals surface area contributed by atoms with E-state index in [4.69, 9.17) is 9.84 Å². The zero-order valence-corrected chi connectivity index (χ0v) is 12.7. The third-order valence-corrected chi connectivity index (χ3v) is 3.74. The molecule has 1 heterocycles. The van der Waals surface area contributed by atoms with Crippen LogP contribution in [0, 0.1) is 6.92 Å². The third-order valence-electron chi connectivity index (χ3n) is 3.74. The molecule has 0 spiro atoms. The SMILES string of the molecule is CCN(CC(=O)O)C1CC(Nc2cc(C)nc(OC)n2)C1. The molecule has 116 valence electrons. The Morgan fingerprint density at radius 3 is 2.81 bits per heavy atom. The number of rotatable bonds is 7. The molecule has 1 fully saturated rings. The Hall–Kier alpha value is -1.89. The highest BCUT2D eigenvalue weighted by atomic mass is 16.5. The fourth-order valence-electron chi connectivity index (χ4n) is 2.59. The van der Waals surface area contributed by atoms with Gasteiger partial charge in [-0.2, -0.15) is 4.98 Å². The van der Waals surface area contributed by atoms with Gasteiger partial charge in [0.05, 0.1) is 13.7 Å². The molecule has 2 N–H and O–H groups in total. The van der Waals surface area contributed by atoms with Gasteiger partial charge in [0.2, 0.25) is 0 Å². The van der Waals surface area contributed by atoms with Crippen molar-refractivity contribution in [1.29, 1.82) is 0 Å². The van der Waals surface area contributed by atoms with Crippen molar-refractivity contribution < 1.29 is 14.6 Å². The number of aryl methyl sites for hydroxylation is 1. The molecule has 7 heteroatoms. The van der Waals surface area contributed by atoms with Gasteiger partial charge in [-0.3, -0.25) is 9.69 Å². The molecule has 0 radical (unpaired) electrons. The highest BCUT2D eigenvalue weighted by Crippen LogP contribution is 2.28. The first-order valence-electron chi connectivity index (χ1n) is 7.13. The Morgan fingerprint density at radius 2 is 2.24 bits per heavy atom. The first-order chi connectivity index (χ1) is 10.0. The Morgan fingerprint density at radius 1 is 1.52 bits per heavy atom. The summed E-state index contributed by atoms with van der Waals surface area (Å²) in [6.07, 6.45) is 1.85. The highest BCUT2D eigenvalue weighted by Gasteiger charge is 2.34. The molecule has 0 aromatic carbocycles. The number of methoxy groups -OCH3 is 1. The first kappa shape index (κ1) is 15.5. The van der Waals surface area contributed by atoms with Crippen LogP contribution < -0.4 is 10.1 Å². The standard InChI is InChI=1S/C14H22N4O3/c1-4-18(8-13(19)20)11-6-10(7-11)16-12-5-9(2)15-14(17-12)21-3/h5,10-11H,4,6-8H2,1-3H3,(H,19,20)(H,15,16,17). The maximum atomic E-state index is 10.8. The molecule has 1 aliphatic carbocycles. The van der Waals surface area contributed by atoms with E-state index in [0.29, 0.717) is 18.1 Å². The van der Waals surface area contributed by atoms with Gasteiger partial charge in [-0.05, 0) is 26.3 Å². The Kier molecular flexibility index (Phi) is 4.95. The van der Waals surface area contributed by atoms with Crippen molar-refractivity contribution in [2.24, 2.45) is 0 Å². The monoisotopic (exact) mass is 294 g/mol. The van der Waals surface area contributed by atoms with Crippen molar-refractivity contribution in [3.8, 4) is 6.01 Å². The fraction of sp³-hybridized carbons (Fsp3) is 0.643. The Labute approximate surface area is 124 Å². The molecule has 1 aromatic heterocycles. The number of likely N-dealkylation sites (N-methyl/N-ethyl adjacent to an activating group) is 1. The second kappa shape index (κ2) is 6.71. The van der Waals surface area contributed by atoms with Crippen molar-refractivity contribution in [2.75, 3.05) is 25.5 Å². The molecule has 21 heavy (non-hydrogen) atoms. The number of aromatic nitrogens is 2. The number of nitrogens with one attached hydrogen (secondary N) is 1. The molecule has 0 saturated heterocycles. The largest absolute Gasteiger partial charge is 0.480 e. The molecular formula is C14H22N4O3. The van der Waals surface area contributed by atoms with Crippen LogP contribution in [0.15, 0.2) is 6.07 Å². The summed E-state index contributed by atoms with van der Waals surface area (Å²) in [5, 5.41) is 12.2. The highest BCUT2D eigenvalue weighted by molar-refractivity contribution is 5.69. The van der Waals surface area contributed by atoms with Gasteiger partial charge < -0.3 is 15.2 Å². The van der Waals surface area contributed by atoms with Crippen molar-refractivity contribution in [3.05, 3.63) is 11.8 Å². The Balaban J connectivity index is 1.87. The molecule has 0 atom stereocenters. The van der Waals surface area contributed by atoms with E-state index in [1.54, 1.807) is 7.11 Å². The van der Waals surface area contributed by atoms with Crippen molar-refractivity contribution in [2.45, 2.75) is 38.8 Å². The molecule has 1 saturated carbocycles. The van der Waals surface area contributed by atoms with Gasteiger partial charge in [0.1, 0.15) is 5.82 Å². The molecule has 1 aliphatic rings. The molecule has 7 nitrogen and oxygen atoms in total. The van der Waals surface area contributed by atoms with Crippen LogP contribution >= 0.6 is 0 Å². The summed E-state index contributed by atoms with van der Waals surface area (Å²) < 4.78 is 5.05. The number of carbonyl (C=O) groups is 1. The van der Waals surface area contributed by atoms with Gasteiger partial charge >= 0.3 is 12.0 Å². The minimum atomic E-state index is -0.774. The van der Waals surface area contributed by atoms with E-state index in [1.807, 2.05) is 24.8 Å². The third kappa shape index (κ3) is 4.04. The molecule has 1 aromatic rings. The topological polar surface area (TPSA) is 87.6 Å². The van der Waals surface area contributed by atoms with Crippen LogP contribution in [0.2, 0.25) is 0 Å². The van der Waals surface area contributed by atoms with E-state index in [-0.39, 0.29) is 6.54 Å². The van der Waals surface area contributed by atoms with Crippen LogP contribution in [0.4, 0.5) is 5.82 Å². The van der Waals surface area contributed by atoms with Crippen LogP contribution in [-0.4, -0.2) is 58.2 Å². The van der Waals surface area contributed by atoms with Crippen LogP contribution in [0.25, 0.3) is 0 Å². The fourth-order valence-corrected chi connectivity index (χ4v) is 2.59. The van der Waals surface area contributed by atoms with Gasteiger partial charge in [-0.1, -0.05) is 6.92 Å². The summed E-state index contributed by atoms with van der Waals surface area (Å²) in [6.45, 7) is 4.74. The van der Waals surface area contributed by atoms with Gasteiger partial charge in [0.25, 0.3) is 0 Å². The average Bonchev–Trinajstić information content (AvgIpc) is 2.39. The smallest absolute Gasteiger partial charge is 0.318 e. The molecule has 0 aliphatic heterocycles. The van der Waals surface area contributed by atoms with Crippen LogP contribution in [0.1, 0.15) is 25.5 Å². The maximum Gasteiger partial charge on any atom is 0.318 e. The lowest BCUT2D eigenvalue weighted by Gasteiger charge is -2.42. The quantitative estimate of drug-likeness (QED) is 0.779.